The molecular weight excluding hydrogens is 474 g/mol. The first-order valence-corrected chi connectivity index (χ1v) is 12.5. The molecule has 0 spiro atoms. The van der Waals surface area contributed by atoms with E-state index in [4.69, 9.17) is 4.74 Å². The third kappa shape index (κ3) is 6.51. The molecule has 4 aromatic rings. The van der Waals surface area contributed by atoms with Crippen molar-refractivity contribution in [1.82, 2.24) is 20.1 Å². The third-order valence-electron chi connectivity index (χ3n) is 5.18. The van der Waals surface area contributed by atoms with Gasteiger partial charge in [0, 0.05) is 16.9 Å². The molecule has 2 N–H and O–H groups in total. The highest BCUT2D eigenvalue weighted by Crippen LogP contribution is 2.23. The van der Waals surface area contributed by atoms with E-state index in [0.717, 1.165) is 17.0 Å². The molecule has 2 amide bonds. The zero-order chi connectivity index (χ0) is 25.3. The van der Waals surface area contributed by atoms with Crippen molar-refractivity contribution >= 4 is 29.3 Å². The van der Waals surface area contributed by atoms with Gasteiger partial charge in [-0.2, -0.15) is 0 Å². The second-order valence-electron chi connectivity index (χ2n) is 7.92. The summed E-state index contributed by atoms with van der Waals surface area (Å²) in [6.07, 6.45) is 0. The van der Waals surface area contributed by atoms with Gasteiger partial charge in [0.05, 0.1) is 18.9 Å². The van der Waals surface area contributed by atoms with Crippen LogP contribution >= 0.6 is 11.8 Å². The smallest absolute Gasteiger partial charge is 0.251 e. The van der Waals surface area contributed by atoms with Gasteiger partial charge < -0.3 is 15.4 Å². The van der Waals surface area contributed by atoms with Crippen LogP contribution in [0.3, 0.4) is 0 Å². The molecule has 8 nitrogen and oxygen atoms in total. The van der Waals surface area contributed by atoms with Crippen LogP contribution in [0, 0.1) is 6.92 Å². The standard InChI is InChI=1S/C27H27N5O3S/c1-3-35-23-14-12-21(13-15-23)29-25(33)18-36-27-31-30-24(32(27)22-11-7-8-19(2)16-22)17-28-26(34)20-9-5-4-6-10-20/h4-16H,3,17-18H2,1-2H3,(H,28,34)(H,29,33). The lowest BCUT2D eigenvalue weighted by atomic mass is 10.2. The Hall–Kier alpha value is -4.11. The molecule has 0 saturated carbocycles. The number of hydrogen-bond acceptors (Lipinski definition) is 6. The zero-order valence-electron chi connectivity index (χ0n) is 20.1. The van der Waals surface area contributed by atoms with E-state index in [0.29, 0.717) is 28.8 Å². The number of nitrogens with zero attached hydrogens (tertiary/aromatic N) is 3. The quantitative estimate of drug-likeness (QED) is 0.307. The Morgan fingerprint density at radius 3 is 2.47 bits per heavy atom. The monoisotopic (exact) mass is 501 g/mol. The molecule has 0 atom stereocenters. The van der Waals surface area contributed by atoms with Crippen LogP contribution in [0.5, 0.6) is 5.75 Å². The van der Waals surface area contributed by atoms with E-state index in [-0.39, 0.29) is 24.1 Å². The fourth-order valence-electron chi connectivity index (χ4n) is 3.51. The lowest BCUT2D eigenvalue weighted by Gasteiger charge is -2.12. The summed E-state index contributed by atoms with van der Waals surface area (Å²) in [4.78, 5) is 25.1. The first-order valence-electron chi connectivity index (χ1n) is 11.5. The Bertz CT molecular complexity index is 1320. The Morgan fingerprint density at radius 2 is 1.75 bits per heavy atom. The van der Waals surface area contributed by atoms with Crippen LogP contribution in [0.25, 0.3) is 5.69 Å². The van der Waals surface area contributed by atoms with Gasteiger partial charge in [0.2, 0.25) is 5.91 Å². The molecule has 0 saturated heterocycles. The summed E-state index contributed by atoms with van der Waals surface area (Å²) in [6.45, 7) is 4.70. The molecule has 0 unspecified atom stereocenters. The van der Waals surface area contributed by atoms with Gasteiger partial charge in [-0.1, -0.05) is 42.1 Å². The highest BCUT2D eigenvalue weighted by atomic mass is 32.2. The number of carbonyl (C=O) groups excluding carboxylic acids is 2. The summed E-state index contributed by atoms with van der Waals surface area (Å²) in [5, 5.41) is 15.0. The van der Waals surface area contributed by atoms with Gasteiger partial charge in [0.1, 0.15) is 5.75 Å². The number of benzene rings is 3. The maximum absolute atomic E-state index is 12.6. The zero-order valence-corrected chi connectivity index (χ0v) is 20.9. The summed E-state index contributed by atoms with van der Waals surface area (Å²) in [5.41, 5.74) is 3.19. The molecule has 1 aromatic heterocycles. The number of aromatic nitrogens is 3. The minimum Gasteiger partial charge on any atom is -0.494 e. The van der Waals surface area contributed by atoms with E-state index < -0.39 is 0 Å². The highest BCUT2D eigenvalue weighted by molar-refractivity contribution is 7.99. The van der Waals surface area contributed by atoms with Crippen molar-refractivity contribution in [2.75, 3.05) is 17.7 Å². The Kier molecular flexibility index (Phi) is 8.36. The van der Waals surface area contributed by atoms with E-state index in [2.05, 4.69) is 20.8 Å². The number of carbonyl (C=O) groups is 2. The molecule has 4 rings (SSSR count). The number of thioether (sulfide) groups is 1. The molecule has 0 radical (unpaired) electrons. The summed E-state index contributed by atoms with van der Waals surface area (Å²) in [5.74, 6) is 1.11. The lowest BCUT2D eigenvalue weighted by molar-refractivity contribution is -0.113. The van der Waals surface area contributed by atoms with E-state index in [1.807, 2.05) is 73.0 Å². The second-order valence-corrected chi connectivity index (χ2v) is 8.86. The van der Waals surface area contributed by atoms with Crippen molar-refractivity contribution in [3.05, 3.63) is 95.8 Å². The van der Waals surface area contributed by atoms with Gasteiger partial charge in [-0.25, -0.2) is 0 Å². The van der Waals surface area contributed by atoms with Gasteiger partial charge in [-0.15, -0.1) is 10.2 Å². The number of ether oxygens (including phenoxy) is 1. The summed E-state index contributed by atoms with van der Waals surface area (Å²) >= 11 is 1.28. The van der Waals surface area contributed by atoms with Gasteiger partial charge in [-0.3, -0.25) is 14.2 Å². The summed E-state index contributed by atoms with van der Waals surface area (Å²) in [7, 11) is 0. The molecule has 0 fully saturated rings. The number of amides is 2. The predicted octanol–water partition coefficient (Wildman–Crippen LogP) is 4.64. The number of aryl methyl sites for hydroxylation is 1. The van der Waals surface area contributed by atoms with Crippen LogP contribution < -0.4 is 15.4 Å². The minimum atomic E-state index is -0.196. The first-order chi connectivity index (χ1) is 17.5. The van der Waals surface area contributed by atoms with Crippen LogP contribution in [-0.2, 0) is 11.3 Å². The average Bonchev–Trinajstić information content (AvgIpc) is 3.30. The van der Waals surface area contributed by atoms with Crippen LogP contribution in [0.15, 0.2) is 84.0 Å². The van der Waals surface area contributed by atoms with E-state index >= 15 is 0 Å². The Labute approximate surface area is 214 Å². The third-order valence-corrected chi connectivity index (χ3v) is 6.11. The molecule has 184 valence electrons. The van der Waals surface area contributed by atoms with E-state index in [1.165, 1.54) is 11.8 Å². The normalized spacial score (nSPS) is 10.6. The van der Waals surface area contributed by atoms with Crippen molar-refractivity contribution in [2.24, 2.45) is 0 Å². The number of rotatable bonds is 10. The Morgan fingerprint density at radius 1 is 0.972 bits per heavy atom. The van der Waals surface area contributed by atoms with Crippen LogP contribution in [0.4, 0.5) is 5.69 Å². The van der Waals surface area contributed by atoms with E-state index in [9.17, 15) is 9.59 Å². The SMILES string of the molecule is CCOc1ccc(NC(=O)CSc2nnc(CNC(=O)c3ccccc3)n2-c2cccc(C)c2)cc1. The molecular formula is C27H27N5O3S. The number of nitrogens with one attached hydrogen (secondary N) is 2. The molecule has 36 heavy (non-hydrogen) atoms. The van der Waals surface area contributed by atoms with Crippen LogP contribution in [-0.4, -0.2) is 38.9 Å². The average molecular weight is 502 g/mol. The van der Waals surface area contributed by atoms with Gasteiger partial charge in [0.15, 0.2) is 11.0 Å². The summed E-state index contributed by atoms with van der Waals surface area (Å²) in [6, 6.07) is 24.1. The predicted molar refractivity (Wildman–Crippen MR) is 141 cm³/mol. The van der Waals surface area contributed by atoms with Crippen molar-refractivity contribution in [2.45, 2.75) is 25.5 Å². The fourth-order valence-corrected chi connectivity index (χ4v) is 4.28. The molecule has 0 bridgehead atoms. The molecule has 0 aliphatic carbocycles. The molecule has 3 aromatic carbocycles. The van der Waals surface area contributed by atoms with Crippen molar-refractivity contribution < 1.29 is 14.3 Å². The fraction of sp³-hybridized carbons (Fsp3) is 0.185. The maximum atomic E-state index is 12.6. The summed E-state index contributed by atoms with van der Waals surface area (Å²) < 4.78 is 7.30. The topological polar surface area (TPSA) is 98.1 Å². The second kappa shape index (κ2) is 12.0. The minimum absolute atomic E-state index is 0.146. The molecule has 0 aliphatic heterocycles. The first kappa shape index (κ1) is 25.0. The molecule has 1 heterocycles. The van der Waals surface area contributed by atoms with Gasteiger partial charge in [-0.05, 0) is 67.9 Å². The number of hydrogen-bond donors (Lipinski definition) is 2. The largest absolute Gasteiger partial charge is 0.494 e. The lowest BCUT2D eigenvalue weighted by Crippen LogP contribution is -2.24. The number of anilines is 1. The van der Waals surface area contributed by atoms with E-state index in [1.54, 1.807) is 24.3 Å². The maximum Gasteiger partial charge on any atom is 0.251 e. The van der Waals surface area contributed by atoms with Gasteiger partial charge >= 0.3 is 0 Å². The molecule has 9 heteroatoms. The van der Waals surface area contributed by atoms with Gasteiger partial charge in [0.25, 0.3) is 5.91 Å². The van der Waals surface area contributed by atoms with Crippen LogP contribution in [0.1, 0.15) is 28.7 Å². The highest BCUT2D eigenvalue weighted by Gasteiger charge is 2.17. The molecule has 0 aliphatic rings. The van der Waals surface area contributed by atoms with Crippen molar-refractivity contribution in [1.29, 1.82) is 0 Å². The van der Waals surface area contributed by atoms with Crippen LogP contribution in [0.2, 0.25) is 0 Å². The van der Waals surface area contributed by atoms with Crippen molar-refractivity contribution in [3.63, 3.8) is 0 Å². The Balaban J connectivity index is 1.46. The van der Waals surface area contributed by atoms with Crippen molar-refractivity contribution in [3.8, 4) is 11.4 Å².